The van der Waals surface area contributed by atoms with E-state index in [0.29, 0.717) is 48.1 Å². The number of hydrogen-bond donors (Lipinski definition) is 1. The monoisotopic (exact) mass is 535 g/mol. The van der Waals surface area contributed by atoms with Crippen LogP contribution in [0.25, 0.3) is 0 Å². The SMILES string of the molecule is CCCC(NC(C)C)c1cccc(OCC[C@]23CCC4C5CCC6(CC5=CCC4C2CCC3=O)OCCO6)c1. The Morgan fingerprint density at radius 1 is 1.10 bits per heavy atom. The molecular formula is C34H49NO4. The molecule has 0 bridgehead atoms. The summed E-state index contributed by atoms with van der Waals surface area (Å²) in [5, 5.41) is 3.71. The molecule has 39 heavy (non-hydrogen) atoms. The van der Waals surface area contributed by atoms with Crippen molar-refractivity contribution >= 4 is 5.78 Å². The summed E-state index contributed by atoms with van der Waals surface area (Å²) in [5.74, 6) is 3.63. The molecule has 6 rings (SSSR count). The van der Waals surface area contributed by atoms with E-state index in [-0.39, 0.29) is 11.2 Å². The Hall–Kier alpha value is -1.69. The Kier molecular flexibility index (Phi) is 7.96. The first-order valence-electron chi connectivity index (χ1n) is 15.9. The third kappa shape index (κ3) is 5.24. The molecule has 5 unspecified atom stereocenters. The number of rotatable bonds is 9. The van der Waals surface area contributed by atoms with Crippen LogP contribution in [0.2, 0.25) is 0 Å². The van der Waals surface area contributed by atoms with Gasteiger partial charge < -0.3 is 19.5 Å². The van der Waals surface area contributed by atoms with Gasteiger partial charge in [-0.1, -0.05) is 51.0 Å². The number of fused-ring (bicyclic) bond motifs is 5. The van der Waals surface area contributed by atoms with Crippen molar-refractivity contribution < 1.29 is 19.0 Å². The Morgan fingerprint density at radius 3 is 2.74 bits per heavy atom. The Morgan fingerprint density at radius 2 is 1.95 bits per heavy atom. The van der Waals surface area contributed by atoms with Gasteiger partial charge in [0.05, 0.1) is 19.8 Å². The van der Waals surface area contributed by atoms with E-state index in [1.165, 1.54) is 18.4 Å². The highest BCUT2D eigenvalue weighted by atomic mass is 16.7. The van der Waals surface area contributed by atoms with Crippen LogP contribution in [0.1, 0.15) is 103 Å². The summed E-state index contributed by atoms with van der Waals surface area (Å²) in [6, 6.07) is 9.39. The number of ether oxygens (including phenoxy) is 3. The van der Waals surface area contributed by atoms with Crippen molar-refractivity contribution in [2.45, 2.75) is 109 Å². The van der Waals surface area contributed by atoms with Crippen LogP contribution in [0.15, 0.2) is 35.9 Å². The molecule has 214 valence electrons. The second-order valence-corrected chi connectivity index (χ2v) is 13.4. The predicted octanol–water partition coefficient (Wildman–Crippen LogP) is 7.16. The van der Waals surface area contributed by atoms with Gasteiger partial charge in [0.25, 0.3) is 0 Å². The van der Waals surface area contributed by atoms with Crippen LogP contribution in [0.3, 0.4) is 0 Å². The molecule has 4 aliphatic carbocycles. The molecule has 3 saturated carbocycles. The molecule has 4 fully saturated rings. The topological polar surface area (TPSA) is 56.8 Å². The van der Waals surface area contributed by atoms with Crippen LogP contribution in [0.4, 0.5) is 0 Å². The second-order valence-electron chi connectivity index (χ2n) is 13.4. The molecule has 1 saturated heterocycles. The number of carbonyl (C=O) groups is 1. The van der Waals surface area contributed by atoms with Crippen molar-refractivity contribution in [3.8, 4) is 5.75 Å². The summed E-state index contributed by atoms with van der Waals surface area (Å²) >= 11 is 0. The number of benzene rings is 1. The lowest BCUT2D eigenvalue weighted by molar-refractivity contribution is -0.176. The molecule has 1 N–H and O–H groups in total. The zero-order valence-corrected chi connectivity index (χ0v) is 24.4. The first-order chi connectivity index (χ1) is 18.9. The smallest absolute Gasteiger partial charge is 0.172 e. The summed E-state index contributed by atoms with van der Waals surface area (Å²) < 4.78 is 18.5. The highest BCUT2D eigenvalue weighted by Gasteiger charge is 2.58. The number of carbonyl (C=O) groups excluding carboxylic acids is 1. The van der Waals surface area contributed by atoms with Crippen LogP contribution in [0.5, 0.6) is 5.75 Å². The summed E-state index contributed by atoms with van der Waals surface area (Å²) in [6.07, 6.45) is 14.0. The van der Waals surface area contributed by atoms with Crippen LogP contribution in [-0.2, 0) is 14.3 Å². The van der Waals surface area contributed by atoms with E-state index >= 15 is 0 Å². The minimum atomic E-state index is -0.340. The van der Waals surface area contributed by atoms with Crippen molar-refractivity contribution in [2.24, 2.45) is 29.1 Å². The van der Waals surface area contributed by atoms with Crippen LogP contribution < -0.4 is 10.1 Å². The largest absolute Gasteiger partial charge is 0.494 e. The molecule has 0 radical (unpaired) electrons. The molecule has 5 heteroatoms. The highest BCUT2D eigenvalue weighted by Crippen LogP contribution is 2.62. The van der Waals surface area contributed by atoms with Gasteiger partial charge in [-0.3, -0.25) is 4.79 Å². The van der Waals surface area contributed by atoms with E-state index in [1.807, 2.05) is 0 Å². The van der Waals surface area contributed by atoms with Crippen molar-refractivity contribution in [1.29, 1.82) is 0 Å². The molecule has 0 amide bonds. The maximum Gasteiger partial charge on any atom is 0.172 e. The van der Waals surface area contributed by atoms with Gasteiger partial charge in [-0.15, -0.1) is 0 Å². The summed E-state index contributed by atoms with van der Waals surface area (Å²) in [5.41, 5.74) is 2.70. The molecule has 5 nitrogen and oxygen atoms in total. The maximum atomic E-state index is 13.5. The summed E-state index contributed by atoms with van der Waals surface area (Å²) in [7, 11) is 0. The fraction of sp³-hybridized carbons (Fsp3) is 0.735. The van der Waals surface area contributed by atoms with E-state index in [4.69, 9.17) is 14.2 Å². The third-order valence-corrected chi connectivity index (χ3v) is 10.9. The Balaban J connectivity index is 1.12. The Bertz CT molecular complexity index is 1060. The quantitative estimate of drug-likeness (QED) is 0.340. The molecule has 5 aliphatic rings. The van der Waals surface area contributed by atoms with Crippen LogP contribution >= 0.6 is 0 Å². The van der Waals surface area contributed by atoms with E-state index in [0.717, 1.165) is 76.8 Å². The second kappa shape index (κ2) is 11.3. The average Bonchev–Trinajstić information content (AvgIpc) is 3.52. The maximum absolute atomic E-state index is 13.5. The Labute approximate surface area is 235 Å². The fourth-order valence-corrected chi connectivity index (χ4v) is 9.24. The van der Waals surface area contributed by atoms with Crippen LogP contribution in [-0.4, -0.2) is 37.4 Å². The van der Waals surface area contributed by atoms with Crippen molar-refractivity contribution in [3.05, 3.63) is 41.5 Å². The van der Waals surface area contributed by atoms with Gasteiger partial charge in [0, 0.05) is 36.8 Å². The summed E-state index contributed by atoms with van der Waals surface area (Å²) in [4.78, 5) is 13.5. The summed E-state index contributed by atoms with van der Waals surface area (Å²) in [6.45, 7) is 8.75. The molecular weight excluding hydrogens is 486 g/mol. The predicted molar refractivity (Wildman–Crippen MR) is 154 cm³/mol. The molecule has 1 aliphatic heterocycles. The van der Waals surface area contributed by atoms with Gasteiger partial charge in [-0.2, -0.15) is 0 Å². The average molecular weight is 536 g/mol. The zero-order valence-electron chi connectivity index (χ0n) is 24.4. The van der Waals surface area contributed by atoms with Gasteiger partial charge in [0.2, 0.25) is 0 Å². The zero-order chi connectivity index (χ0) is 27.0. The lowest BCUT2D eigenvalue weighted by atomic mass is 9.51. The fourth-order valence-electron chi connectivity index (χ4n) is 9.24. The van der Waals surface area contributed by atoms with Gasteiger partial charge >= 0.3 is 0 Å². The first kappa shape index (κ1) is 27.5. The molecule has 1 aromatic carbocycles. The van der Waals surface area contributed by atoms with Crippen molar-refractivity contribution in [1.82, 2.24) is 5.32 Å². The van der Waals surface area contributed by atoms with E-state index in [1.54, 1.807) is 5.57 Å². The minimum absolute atomic E-state index is 0.179. The lowest BCUT2D eigenvalue weighted by Gasteiger charge is -2.53. The minimum Gasteiger partial charge on any atom is -0.494 e. The standard InChI is InChI=1S/C34H49NO4/c1-4-6-31(35-23(2)3)24-7-5-8-26(21-24)37-18-17-33-15-13-28-27-14-16-34(38-19-20-39-34)22-25(27)9-10-29(28)30(33)11-12-32(33)36/h5,7-9,21,23,27-31,35H,4,6,10-20,22H2,1-3H3/t27?,28?,29?,30?,31?,33-/m1/s1. The number of ketones is 1. The van der Waals surface area contributed by atoms with Gasteiger partial charge in [-0.25, -0.2) is 0 Å². The first-order valence-corrected chi connectivity index (χ1v) is 15.9. The third-order valence-electron chi connectivity index (χ3n) is 10.9. The van der Waals surface area contributed by atoms with Gasteiger partial charge in [0.15, 0.2) is 5.79 Å². The normalized spacial score (nSPS) is 33.9. The van der Waals surface area contributed by atoms with Crippen molar-refractivity contribution in [2.75, 3.05) is 19.8 Å². The number of allylic oxidation sites excluding steroid dienone is 1. The lowest BCUT2D eigenvalue weighted by Crippen LogP contribution is -2.49. The van der Waals surface area contributed by atoms with E-state index in [9.17, 15) is 4.79 Å². The van der Waals surface area contributed by atoms with Gasteiger partial charge in [0.1, 0.15) is 11.5 Å². The number of nitrogens with one attached hydrogen (secondary N) is 1. The molecule has 1 spiro atoms. The van der Waals surface area contributed by atoms with Crippen molar-refractivity contribution in [3.63, 3.8) is 0 Å². The van der Waals surface area contributed by atoms with Crippen LogP contribution in [0, 0.1) is 29.1 Å². The molecule has 1 aromatic rings. The number of hydrogen-bond acceptors (Lipinski definition) is 5. The highest BCUT2D eigenvalue weighted by molar-refractivity contribution is 5.87. The molecule has 0 aromatic heterocycles. The molecule has 1 heterocycles. The van der Waals surface area contributed by atoms with Gasteiger partial charge in [-0.05, 0) is 86.3 Å². The van der Waals surface area contributed by atoms with E-state index in [2.05, 4.69) is 56.4 Å². The number of Topliss-reactive ketones (excluding diaryl/α,β-unsaturated/α-hetero) is 1. The van der Waals surface area contributed by atoms with E-state index < -0.39 is 0 Å². The molecule has 6 atom stereocenters.